The third kappa shape index (κ3) is 4.27. The van der Waals surface area contributed by atoms with Crippen LogP contribution in [-0.2, 0) is 9.84 Å². The molecular formula is C11H15ClN2O3S. The fourth-order valence-electron chi connectivity index (χ4n) is 1.29. The van der Waals surface area contributed by atoms with E-state index in [9.17, 15) is 13.2 Å². The molecule has 1 aromatic rings. The van der Waals surface area contributed by atoms with Gasteiger partial charge in [0.2, 0.25) is 0 Å². The Labute approximate surface area is 112 Å². The van der Waals surface area contributed by atoms with Crippen LogP contribution in [0.2, 0.25) is 5.02 Å². The first-order valence-electron chi connectivity index (χ1n) is 5.26. The molecule has 0 saturated heterocycles. The summed E-state index contributed by atoms with van der Waals surface area (Å²) in [5.74, 6) is -0.414. The summed E-state index contributed by atoms with van der Waals surface area (Å²) in [5, 5.41) is 0.318. The molecular weight excluding hydrogens is 276 g/mol. The van der Waals surface area contributed by atoms with Crippen LogP contribution in [-0.4, -0.2) is 49.8 Å². The molecule has 1 rings (SSSR count). The van der Waals surface area contributed by atoms with Crippen LogP contribution in [0.5, 0.6) is 0 Å². The standard InChI is InChI=1S/C11H15ClN2O3S/c1-8-6-10(12)9(7-13-8)11(15)14(2)4-5-18(3,16)17/h6-7H,4-5H2,1-3H3. The Bertz CT molecular complexity index is 557. The zero-order valence-electron chi connectivity index (χ0n) is 10.5. The van der Waals surface area contributed by atoms with Gasteiger partial charge in [-0.3, -0.25) is 9.78 Å². The monoisotopic (exact) mass is 290 g/mol. The predicted octanol–water partition coefficient (Wildman–Crippen LogP) is 1.16. The molecule has 0 spiro atoms. The van der Waals surface area contributed by atoms with Gasteiger partial charge >= 0.3 is 0 Å². The number of amides is 1. The summed E-state index contributed by atoms with van der Waals surface area (Å²) in [6.07, 6.45) is 2.53. The van der Waals surface area contributed by atoms with E-state index in [1.807, 2.05) is 0 Å². The van der Waals surface area contributed by atoms with Crippen molar-refractivity contribution in [1.29, 1.82) is 0 Å². The van der Waals surface area contributed by atoms with Gasteiger partial charge in [-0.1, -0.05) is 11.6 Å². The van der Waals surface area contributed by atoms with Gasteiger partial charge in [0.15, 0.2) is 0 Å². The maximum absolute atomic E-state index is 12.0. The second-order valence-electron chi connectivity index (χ2n) is 4.16. The summed E-state index contributed by atoms with van der Waals surface area (Å²) in [4.78, 5) is 17.3. The Morgan fingerprint density at radius 1 is 1.50 bits per heavy atom. The van der Waals surface area contributed by atoms with Crippen molar-refractivity contribution in [3.05, 3.63) is 28.5 Å². The molecule has 0 bridgehead atoms. The molecule has 0 atom stereocenters. The molecule has 0 aliphatic rings. The van der Waals surface area contributed by atoms with Crippen molar-refractivity contribution in [2.45, 2.75) is 6.92 Å². The summed E-state index contributed by atoms with van der Waals surface area (Å²) in [5.41, 5.74) is 0.994. The first-order chi connectivity index (χ1) is 8.20. The normalized spacial score (nSPS) is 11.3. The summed E-state index contributed by atoms with van der Waals surface area (Å²) >= 11 is 5.95. The Balaban J connectivity index is 2.80. The number of aromatic nitrogens is 1. The Morgan fingerprint density at radius 3 is 2.61 bits per heavy atom. The van der Waals surface area contributed by atoms with Gasteiger partial charge in [-0.25, -0.2) is 8.42 Å². The van der Waals surface area contributed by atoms with E-state index in [0.717, 1.165) is 11.9 Å². The van der Waals surface area contributed by atoms with Gasteiger partial charge in [-0.05, 0) is 13.0 Å². The van der Waals surface area contributed by atoms with E-state index >= 15 is 0 Å². The van der Waals surface area contributed by atoms with Gasteiger partial charge in [0, 0.05) is 31.7 Å². The molecule has 0 aliphatic heterocycles. The molecule has 1 amide bonds. The number of carbonyl (C=O) groups is 1. The molecule has 18 heavy (non-hydrogen) atoms. The van der Waals surface area contributed by atoms with E-state index < -0.39 is 9.84 Å². The molecule has 1 heterocycles. The zero-order valence-corrected chi connectivity index (χ0v) is 12.0. The predicted molar refractivity (Wildman–Crippen MR) is 70.7 cm³/mol. The van der Waals surface area contributed by atoms with Crippen molar-refractivity contribution in [2.75, 3.05) is 25.6 Å². The minimum Gasteiger partial charge on any atom is -0.341 e. The van der Waals surface area contributed by atoms with Gasteiger partial charge < -0.3 is 4.90 Å². The minimum atomic E-state index is -3.09. The molecule has 7 heteroatoms. The fraction of sp³-hybridized carbons (Fsp3) is 0.455. The average Bonchev–Trinajstić information content (AvgIpc) is 2.24. The molecule has 0 aromatic carbocycles. The van der Waals surface area contributed by atoms with E-state index in [-0.39, 0.29) is 23.8 Å². The van der Waals surface area contributed by atoms with Crippen molar-refractivity contribution in [3.8, 4) is 0 Å². The lowest BCUT2D eigenvalue weighted by Gasteiger charge is -2.17. The summed E-state index contributed by atoms with van der Waals surface area (Å²) < 4.78 is 22.1. The molecule has 1 aromatic heterocycles. The first kappa shape index (κ1) is 14.9. The first-order valence-corrected chi connectivity index (χ1v) is 7.70. The highest BCUT2D eigenvalue weighted by Crippen LogP contribution is 2.17. The molecule has 0 fully saturated rings. The van der Waals surface area contributed by atoms with E-state index in [0.29, 0.717) is 5.02 Å². The SMILES string of the molecule is Cc1cc(Cl)c(C(=O)N(C)CCS(C)(=O)=O)cn1. The molecule has 5 nitrogen and oxygen atoms in total. The molecule has 100 valence electrons. The topological polar surface area (TPSA) is 67.3 Å². The van der Waals surface area contributed by atoms with Gasteiger partial charge in [0.05, 0.1) is 16.3 Å². The van der Waals surface area contributed by atoms with E-state index in [1.165, 1.54) is 18.1 Å². The van der Waals surface area contributed by atoms with Crippen LogP contribution in [0, 0.1) is 6.92 Å². The third-order valence-corrected chi connectivity index (χ3v) is 3.60. The largest absolute Gasteiger partial charge is 0.341 e. The van der Waals surface area contributed by atoms with E-state index in [1.54, 1.807) is 13.0 Å². The maximum Gasteiger partial charge on any atom is 0.256 e. The highest BCUT2D eigenvalue weighted by molar-refractivity contribution is 7.90. The van der Waals surface area contributed by atoms with Crippen molar-refractivity contribution in [3.63, 3.8) is 0 Å². The molecule has 0 N–H and O–H groups in total. The Morgan fingerprint density at radius 2 is 2.11 bits per heavy atom. The molecule has 0 saturated carbocycles. The van der Waals surface area contributed by atoms with Crippen LogP contribution >= 0.6 is 11.6 Å². The summed E-state index contributed by atoms with van der Waals surface area (Å²) in [7, 11) is -1.56. The van der Waals surface area contributed by atoms with Crippen LogP contribution in [0.15, 0.2) is 12.3 Å². The quantitative estimate of drug-likeness (QED) is 0.834. The van der Waals surface area contributed by atoms with Crippen molar-refractivity contribution in [2.24, 2.45) is 0 Å². The van der Waals surface area contributed by atoms with Crippen LogP contribution in [0.25, 0.3) is 0 Å². The molecule has 0 unspecified atom stereocenters. The lowest BCUT2D eigenvalue weighted by Crippen LogP contribution is -2.31. The van der Waals surface area contributed by atoms with Crippen molar-refractivity contribution >= 4 is 27.3 Å². The smallest absolute Gasteiger partial charge is 0.256 e. The average molecular weight is 291 g/mol. The minimum absolute atomic E-state index is 0.0772. The Kier molecular flexibility index (Phi) is 4.70. The number of rotatable bonds is 4. The van der Waals surface area contributed by atoms with Gasteiger partial charge in [-0.15, -0.1) is 0 Å². The van der Waals surface area contributed by atoms with Crippen LogP contribution in [0.1, 0.15) is 16.1 Å². The number of hydrogen-bond acceptors (Lipinski definition) is 4. The van der Waals surface area contributed by atoms with Crippen molar-refractivity contribution in [1.82, 2.24) is 9.88 Å². The van der Waals surface area contributed by atoms with Gasteiger partial charge in [0.25, 0.3) is 5.91 Å². The lowest BCUT2D eigenvalue weighted by molar-refractivity contribution is 0.0803. The highest BCUT2D eigenvalue weighted by atomic mass is 35.5. The highest BCUT2D eigenvalue weighted by Gasteiger charge is 2.17. The number of nitrogens with zero attached hydrogens (tertiary/aromatic N) is 2. The van der Waals surface area contributed by atoms with Gasteiger partial charge in [-0.2, -0.15) is 0 Å². The Hall–Kier alpha value is -1.14. The molecule has 0 radical (unpaired) electrons. The van der Waals surface area contributed by atoms with E-state index in [2.05, 4.69) is 4.98 Å². The van der Waals surface area contributed by atoms with E-state index in [4.69, 9.17) is 11.6 Å². The molecule has 0 aliphatic carbocycles. The van der Waals surface area contributed by atoms with Crippen LogP contribution in [0.3, 0.4) is 0 Å². The van der Waals surface area contributed by atoms with Crippen LogP contribution in [0.4, 0.5) is 0 Å². The maximum atomic E-state index is 12.0. The zero-order chi connectivity index (χ0) is 13.9. The summed E-state index contributed by atoms with van der Waals surface area (Å²) in [6, 6.07) is 1.60. The number of aryl methyl sites for hydroxylation is 1. The third-order valence-electron chi connectivity index (χ3n) is 2.36. The number of carbonyl (C=O) groups excluding carboxylic acids is 1. The number of sulfone groups is 1. The van der Waals surface area contributed by atoms with Crippen molar-refractivity contribution < 1.29 is 13.2 Å². The fourth-order valence-corrected chi connectivity index (χ4v) is 2.19. The second kappa shape index (κ2) is 5.67. The number of hydrogen-bond donors (Lipinski definition) is 0. The summed E-state index contributed by atoms with van der Waals surface area (Å²) in [6.45, 7) is 1.90. The van der Waals surface area contributed by atoms with Crippen LogP contribution < -0.4 is 0 Å². The lowest BCUT2D eigenvalue weighted by atomic mass is 10.2. The number of halogens is 1. The second-order valence-corrected chi connectivity index (χ2v) is 6.83. The van der Waals surface area contributed by atoms with Gasteiger partial charge in [0.1, 0.15) is 9.84 Å². The number of pyridine rings is 1.